The molecule has 1 fully saturated rings. The molecule has 0 unspecified atom stereocenters. The summed E-state index contributed by atoms with van der Waals surface area (Å²) in [6, 6.07) is 0.474. The van der Waals surface area contributed by atoms with Crippen LogP contribution in [0.4, 0.5) is 0 Å². The van der Waals surface area contributed by atoms with E-state index in [1.807, 2.05) is 18.8 Å². The SMILES string of the molecule is C[C@H](OC(=O)CN(C)[C@@H]1CCSC1)c1ncc(C(C)(C)C)o1. The third-order valence-corrected chi connectivity index (χ3v) is 4.97. The normalized spacial score (nSPS) is 20.4. The zero-order chi connectivity index (χ0) is 16.3. The van der Waals surface area contributed by atoms with Crippen molar-refractivity contribution < 1.29 is 13.9 Å². The molecule has 1 aliphatic rings. The van der Waals surface area contributed by atoms with Gasteiger partial charge in [-0.15, -0.1) is 0 Å². The quantitative estimate of drug-likeness (QED) is 0.775. The van der Waals surface area contributed by atoms with Gasteiger partial charge in [0.05, 0.1) is 12.7 Å². The van der Waals surface area contributed by atoms with E-state index in [1.165, 1.54) is 5.75 Å². The van der Waals surface area contributed by atoms with Crippen molar-refractivity contribution in [2.24, 2.45) is 0 Å². The Hall–Kier alpha value is -1.01. The fourth-order valence-corrected chi connectivity index (χ4v) is 3.61. The Morgan fingerprint density at radius 2 is 2.32 bits per heavy atom. The average Bonchev–Trinajstić information content (AvgIpc) is 3.09. The summed E-state index contributed by atoms with van der Waals surface area (Å²) in [6.45, 7) is 8.28. The molecule has 0 aromatic carbocycles. The molecule has 0 radical (unpaired) electrons. The summed E-state index contributed by atoms with van der Waals surface area (Å²) in [7, 11) is 1.98. The second-order valence-electron chi connectivity index (χ2n) is 6.88. The lowest BCUT2D eigenvalue weighted by Crippen LogP contribution is -2.36. The van der Waals surface area contributed by atoms with Crippen LogP contribution in [0.2, 0.25) is 0 Å². The number of carbonyl (C=O) groups is 1. The van der Waals surface area contributed by atoms with Crippen LogP contribution in [0.15, 0.2) is 10.6 Å². The van der Waals surface area contributed by atoms with Gasteiger partial charge in [0.1, 0.15) is 5.76 Å². The molecule has 0 spiro atoms. The summed E-state index contributed by atoms with van der Waals surface area (Å²) in [5.41, 5.74) is -0.102. The summed E-state index contributed by atoms with van der Waals surface area (Å²) < 4.78 is 11.2. The van der Waals surface area contributed by atoms with Crippen LogP contribution < -0.4 is 0 Å². The predicted molar refractivity (Wildman–Crippen MR) is 88.1 cm³/mol. The molecule has 1 aromatic heterocycles. The summed E-state index contributed by atoms with van der Waals surface area (Å²) in [4.78, 5) is 18.4. The number of likely N-dealkylation sites (N-methyl/N-ethyl adjacent to an activating group) is 1. The maximum absolute atomic E-state index is 12.1. The molecule has 0 aliphatic carbocycles. The van der Waals surface area contributed by atoms with Crippen molar-refractivity contribution in [3.8, 4) is 0 Å². The molecule has 22 heavy (non-hydrogen) atoms. The number of carbonyl (C=O) groups excluding carboxylic acids is 1. The topological polar surface area (TPSA) is 55.6 Å². The van der Waals surface area contributed by atoms with E-state index in [0.29, 0.717) is 18.5 Å². The van der Waals surface area contributed by atoms with E-state index in [0.717, 1.165) is 17.9 Å². The fourth-order valence-electron chi connectivity index (χ4n) is 2.31. The van der Waals surface area contributed by atoms with Gasteiger partial charge in [-0.1, -0.05) is 20.8 Å². The van der Waals surface area contributed by atoms with Crippen LogP contribution in [0.1, 0.15) is 51.9 Å². The number of hydrogen-bond acceptors (Lipinski definition) is 6. The molecule has 1 saturated heterocycles. The minimum atomic E-state index is -0.463. The van der Waals surface area contributed by atoms with Gasteiger partial charge in [-0.05, 0) is 26.1 Å². The van der Waals surface area contributed by atoms with Crippen LogP contribution >= 0.6 is 11.8 Å². The molecule has 6 heteroatoms. The van der Waals surface area contributed by atoms with Crippen LogP contribution in [0.5, 0.6) is 0 Å². The van der Waals surface area contributed by atoms with Crippen LogP contribution in [-0.2, 0) is 14.9 Å². The minimum Gasteiger partial charge on any atom is -0.452 e. The zero-order valence-corrected chi connectivity index (χ0v) is 14.9. The van der Waals surface area contributed by atoms with Crippen LogP contribution in [0, 0.1) is 0 Å². The molecular weight excluding hydrogens is 300 g/mol. The summed E-state index contributed by atoms with van der Waals surface area (Å²) in [6.07, 6.45) is 2.38. The van der Waals surface area contributed by atoms with Gasteiger partial charge in [-0.25, -0.2) is 4.98 Å². The highest BCUT2D eigenvalue weighted by molar-refractivity contribution is 7.99. The maximum atomic E-state index is 12.1. The highest BCUT2D eigenvalue weighted by atomic mass is 32.2. The predicted octanol–water partition coefficient (Wildman–Crippen LogP) is 3.01. The number of ether oxygens (including phenoxy) is 1. The lowest BCUT2D eigenvalue weighted by molar-refractivity contribution is -0.151. The number of esters is 1. The van der Waals surface area contributed by atoms with Gasteiger partial charge >= 0.3 is 5.97 Å². The van der Waals surface area contributed by atoms with Gasteiger partial charge in [0.25, 0.3) is 0 Å². The van der Waals surface area contributed by atoms with Gasteiger partial charge in [0.15, 0.2) is 6.10 Å². The number of rotatable bonds is 5. The number of aromatic nitrogens is 1. The van der Waals surface area contributed by atoms with Gasteiger partial charge < -0.3 is 9.15 Å². The van der Waals surface area contributed by atoms with E-state index >= 15 is 0 Å². The molecule has 0 N–H and O–H groups in total. The first-order valence-corrected chi connectivity index (χ1v) is 8.86. The van der Waals surface area contributed by atoms with Gasteiger partial charge in [0.2, 0.25) is 5.89 Å². The minimum absolute atomic E-state index is 0.102. The third kappa shape index (κ3) is 4.49. The lowest BCUT2D eigenvalue weighted by atomic mass is 9.94. The summed E-state index contributed by atoms with van der Waals surface area (Å²) >= 11 is 1.93. The first kappa shape index (κ1) is 17.3. The Morgan fingerprint density at radius 1 is 1.59 bits per heavy atom. The number of thioether (sulfide) groups is 1. The Balaban J connectivity index is 1.86. The molecule has 124 valence electrons. The molecule has 2 heterocycles. The van der Waals surface area contributed by atoms with Crippen molar-refractivity contribution in [2.75, 3.05) is 25.1 Å². The first-order chi connectivity index (χ1) is 10.3. The summed E-state index contributed by atoms with van der Waals surface area (Å²) in [5, 5.41) is 0. The smallest absolute Gasteiger partial charge is 0.320 e. The number of nitrogens with zero attached hydrogens (tertiary/aromatic N) is 2. The Morgan fingerprint density at radius 3 is 2.86 bits per heavy atom. The van der Waals surface area contributed by atoms with Crippen molar-refractivity contribution in [3.05, 3.63) is 17.8 Å². The van der Waals surface area contributed by atoms with Gasteiger partial charge in [-0.2, -0.15) is 11.8 Å². The molecule has 2 atom stereocenters. The van der Waals surface area contributed by atoms with Crippen molar-refractivity contribution in [2.45, 2.75) is 51.7 Å². The Labute approximate surface area is 136 Å². The van der Waals surface area contributed by atoms with Crippen molar-refractivity contribution in [1.82, 2.24) is 9.88 Å². The van der Waals surface area contributed by atoms with E-state index in [1.54, 1.807) is 13.1 Å². The molecular formula is C16H26N2O3S. The largest absolute Gasteiger partial charge is 0.452 e. The highest BCUT2D eigenvalue weighted by Crippen LogP contribution is 2.26. The lowest BCUT2D eigenvalue weighted by Gasteiger charge is -2.22. The molecule has 1 aliphatic heterocycles. The second-order valence-corrected chi connectivity index (χ2v) is 8.03. The average molecular weight is 326 g/mol. The molecule has 1 aromatic rings. The number of oxazole rings is 1. The fraction of sp³-hybridized carbons (Fsp3) is 0.750. The molecule has 5 nitrogen and oxygen atoms in total. The van der Waals surface area contributed by atoms with E-state index in [-0.39, 0.29) is 11.4 Å². The van der Waals surface area contributed by atoms with Crippen molar-refractivity contribution in [1.29, 1.82) is 0 Å². The van der Waals surface area contributed by atoms with Crippen LogP contribution in [0.3, 0.4) is 0 Å². The zero-order valence-electron chi connectivity index (χ0n) is 14.1. The monoisotopic (exact) mass is 326 g/mol. The third-order valence-electron chi connectivity index (χ3n) is 3.83. The van der Waals surface area contributed by atoms with E-state index in [4.69, 9.17) is 9.15 Å². The molecule has 0 saturated carbocycles. The van der Waals surface area contributed by atoms with Crippen LogP contribution in [0.25, 0.3) is 0 Å². The molecule has 0 bridgehead atoms. The number of hydrogen-bond donors (Lipinski definition) is 0. The van der Waals surface area contributed by atoms with Crippen molar-refractivity contribution in [3.63, 3.8) is 0 Å². The summed E-state index contributed by atoms with van der Waals surface area (Å²) in [5.74, 6) is 3.28. The molecule has 0 amide bonds. The van der Waals surface area contributed by atoms with Gasteiger partial charge in [0, 0.05) is 17.2 Å². The first-order valence-electron chi connectivity index (χ1n) is 7.71. The Bertz CT molecular complexity index is 504. The standard InChI is InChI=1S/C16H26N2O3S/c1-11(15-17-8-13(21-15)16(2,3)4)20-14(19)9-18(5)12-6-7-22-10-12/h8,11-12H,6-7,9-10H2,1-5H3/t11-,12+/m0/s1. The second kappa shape index (κ2) is 7.04. The maximum Gasteiger partial charge on any atom is 0.320 e. The van der Waals surface area contributed by atoms with E-state index < -0.39 is 6.10 Å². The molecule has 2 rings (SSSR count). The van der Waals surface area contributed by atoms with Crippen molar-refractivity contribution >= 4 is 17.7 Å². The Kier molecular flexibility index (Phi) is 5.55. The van der Waals surface area contributed by atoms with E-state index in [9.17, 15) is 4.79 Å². The van der Waals surface area contributed by atoms with Gasteiger partial charge in [-0.3, -0.25) is 9.69 Å². The highest BCUT2D eigenvalue weighted by Gasteiger charge is 2.25. The van der Waals surface area contributed by atoms with E-state index in [2.05, 4.69) is 30.7 Å². The van der Waals surface area contributed by atoms with Crippen LogP contribution in [-0.4, -0.2) is 47.0 Å².